The van der Waals surface area contributed by atoms with Gasteiger partial charge in [0, 0.05) is 0 Å². The van der Waals surface area contributed by atoms with Gasteiger partial charge in [0.25, 0.3) is 5.82 Å². The summed E-state index contributed by atoms with van der Waals surface area (Å²) in [5.41, 5.74) is 5.78. The Hall–Kier alpha value is -3.14. The summed E-state index contributed by atoms with van der Waals surface area (Å²) >= 11 is 0. The first-order valence-electron chi connectivity index (χ1n) is 9.13. The van der Waals surface area contributed by atoms with Gasteiger partial charge in [-0.25, -0.2) is 9.14 Å². The predicted octanol–water partition coefficient (Wildman–Crippen LogP) is 4.33. The van der Waals surface area contributed by atoms with E-state index in [1.54, 1.807) is 0 Å². The molecular weight excluding hydrogens is 332 g/mol. The van der Waals surface area contributed by atoms with E-state index in [4.69, 9.17) is 0 Å². The van der Waals surface area contributed by atoms with E-state index in [-0.39, 0.29) is 0 Å². The normalized spacial score (nSPS) is 13.6. The standard InChI is InChI=1S/C23H28N4/c1-8-11-14-19-18(5)26(22(10-3)24(6)17(4)9-2)23-25(7)20-15-12-13-16-21(20)27(19)23/h8-16H,1-2H2,3-7H3/q+2/b14-11-,22-10+,24-17-. The van der Waals surface area contributed by atoms with Crippen LogP contribution >= 0.6 is 0 Å². The highest BCUT2D eigenvalue weighted by atomic mass is 15.3. The van der Waals surface area contributed by atoms with Crippen LogP contribution in [0.2, 0.25) is 0 Å². The van der Waals surface area contributed by atoms with Gasteiger partial charge in [-0.1, -0.05) is 37.4 Å². The van der Waals surface area contributed by atoms with Crippen molar-refractivity contribution < 1.29 is 9.14 Å². The van der Waals surface area contributed by atoms with Gasteiger partial charge in [-0.3, -0.25) is 0 Å². The van der Waals surface area contributed by atoms with Crippen LogP contribution in [0.5, 0.6) is 0 Å². The molecule has 4 nitrogen and oxygen atoms in total. The number of hydrogen-bond acceptors (Lipinski definition) is 0. The highest BCUT2D eigenvalue weighted by Gasteiger charge is 2.30. The van der Waals surface area contributed by atoms with E-state index >= 15 is 0 Å². The molecule has 138 valence electrons. The Morgan fingerprint density at radius 2 is 1.93 bits per heavy atom. The van der Waals surface area contributed by atoms with Gasteiger partial charge in [0.2, 0.25) is 0 Å². The third kappa shape index (κ3) is 2.78. The van der Waals surface area contributed by atoms with Crippen LogP contribution in [0, 0.1) is 6.92 Å². The first kappa shape index (κ1) is 18.6. The number of hydrogen-bond donors (Lipinski definition) is 0. The van der Waals surface area contributed by atoms with Crippen LogP contribution < -0.4 is 4.57 Å². The maximum Gasteiger partial charge on any atom is 0.378 e. The van der Waals surface area contributed by atoms with Crippen LogP contribution in [0.15, 0.2) is 61.7 Å². The molecule has 3 aromatic rings. The molecule has 2 aromatic heterocycles. The quantitative estimate of drug-likeness (QED) is 0.366. The second-order valence-electron chi connectivity index (χ2n) is 6.64. The topological polar surface area (TPSA) is 16.2 Å². The summed E-state index contributed by atoms with van der Waals surface area (Å²) in [7, 11) is 4.19. The molecule has 4 heteroatoms. The fourth-order valence-electron chi connectivity index (χ4n) is 3.64. The first-order valence-corrected chi connectivity index (χ1v) is 9.13. The molecule has 1 aromatic carbocycles. The lowest BCUT2D eigenvalue weighted by molar-refractivity contribution is -0.621. The minimum absolute atomic E-state index is 1.09. The largest absolute Gasteiger partial charge is 0.378 e. The second-order valence-corrected chi connectivity index (χ2v) is 6.64. The van der Waals surface area contributed by atoms with Crippen LogP contribution in [-0.2, 0) is 7.05 Å². The van der Waals surface area contributed by atoms with Crippen molar-refractivity contribution in [2.75, 3.05) is 7.05 Å². The van der Waals surface area contributed by atoms with Crippen LogP contribution in [0.1, 0.15) is 25.2 Å². The van der Waals surface area contributed by atoms with Crippen LogP contribution in [0.4, 0.5) is 0 Å². The molecule has 27 heavy (non-hydrogen) atoms. The highest BCUT2D eigenvalue weighted by Crippen LogP contribution is 2.26. The lowest BCUT2D eigenvalue weighted by atomic mass is 10.2. The lowest BCUT2D eigenvalue weighted by Crippen LogP contribution is -2.31. The average Bonchev–Trinajstić information content (AvgIpc) is 3.13. The zero-order valence-corrected chi connectivity index (χ0v) is 16.9. The molecule has 0 amide bonds. The van der Waals surface area contributed by atoms with Gasteiger partial charge in [0.15, 0.2) is 0 Å². The van der Waals surface area contributed by atoms with E-state index in [0.717, 1.165) is 23.0 Å². The van der Waals surface area contributed by atoms with E-state index in [1.807, 2.05) is 18.2 Å². The molecule has 0 unspecified atom stereocenters. The Kier molecular flexibility index (Phi) is 5.00. The molecule has 0 fully saturated rings. The number of para-hydroxylation sites is 2. The molecule has 0 radical (unpaired) electrons. The minimum atomic E-state index is 1.09. The molecule has 0 aliphatic carbocycles. The molecule has 0 atom stereocenters. The van der Waals surface area contributed by atoms with E-state index in [0.29, 0.717) is 0 Å². The third-order valence-corrected chi connectivity index (χ3v) is 5.18. The van der Waals surface area contributed by atoms with E-state index < -0.39 is 0 Å². The molecule has 0 N–H and O–H groups in total. The average molecular weight is 361 g/mol. The number of benzene rings is 1. The predicted molar refractivity (Wildman–Crippen MR) is 115 cm³/mol. The second kappa shape index (κ2) is 7.23. The Morgan fingerprint density at radius 3 is 2.56 bits per heavy atom. The number of aryl methyl sites for hydroxylation is 1. The minimum Gasteiger partial charge on any atom is -0.241 e. The number of nitrogens with zero attached hydrogens (tertiary/aromatic N) is 4. The summed E-state index contributed by atoms with van der Waals surface area (Å²) in [6.45, 7) is 14.1. The molecule has 0 saturated carbocycles. The van der Waals surface area contributed by atoms with Crippen molar-refractivity contribution in [2.45, 2.75) is 20.8 Å². The van der Waals surface area contributed by atoms with Crippen LogP contribution in [-0.4, -0.2) is 26.3 Å². The summed E-state index contributed by atoms with van der Waals surface area (Å²) in [5, 5.41) is 0. The summed E-state index contributed by atoms with van der Waals surface area (Å²) in [4.78, 5) is 0. The SMILES string of the molecule is C=C/C=C\c1c(C)n(C(=C/C)/[N+](C)=C(/C)C=C)c2n1c1ccccc1[n+]2C. The molecule has 0 spiro atoms. The molecular formula is C23H28N4+2. The summed E-state index contributed by atoms with van der Waals surface area (Å²) in [6, 6.07) is 8.48. The maximum atomic E-state index is 3.93. The smallest absolute Gasteiger partial charge is 0.241 e. The fraction of sp³-hybridized carbons (Fsp3) is 0.217. The first-order chi connectivity index (χ1) is 13.0. The molecule has 2 heterocycles. The summed E-state index contributed by atoms with van der Waals surface area (Å²) in [5.74, 6) is 2.20. The number of rotatable bonds is 5. The maximum absolute atomic E-state index is 3.93. The number of aromatic nitrogens is 3. The lowest BCUT2D eigenvalue weighted by Gasteiger charge is -2.08. The monoisotopic (exact) mass is 360 g/mol. The number of allylic oxidation sites excluding steroid dienone is 4. The van der Waals surface area contributed by atoms with Crippen molar-refractivity contribution in [2.24, 2.45) is 7.05 Å². The van der Waals surface area contributed by atoms with Gasteiger partial charge in [0.05, 0.1) is 19.8 Å². The molecule has 3 rings (SSSR count). The zero-order valence-electron chi connectivity index (χ0n) is 16.9. The van der Waals surface area contributed by atoms with E-state index in [9.17, 15) is 0 Å². The summed E-state index contributed by atoms with van der Waals surface area (Å²) < 4.78 is 9.02. The molecule has 0 saturated heterocycles. The Balaban J connectivity index is 2.54. The molecule has 0 aliphatic rings. The number of imidazole rings is 2. The molecule has 0 bridgehead atoms. The van der Waals surface area contributed by atoms with Crippen molar-refractivity contribution in [1.29, 1.82) is 0 Å². The van der Waals surface area contributed by atoms with E-state index in [2.05, 4.69) is 103 Å². The fourth-order valence-corrected chi connectivity index (χ4v) is 3.64. The van der Waals surface area contributed by atoms with Crippen molar-refractivity contribution >= 4 is 34.4 Å². The van der Waals surface area contributed by atoms with Crippen molar-refractivity contribution in [3.8, 4) is 0 Å². The van der Waals surface area contributed by atoms with Crippen molar-refractivity contribution in [3.05, 3.63) is 73.1 Å². The van der Waals surface area contributed by atoms with Gasteiger partial charge < -0.3 is 0 Å². The summed E-state index contributed by atoms with van der Waals surface area (Å²) in [6.07, 6.45) is 9.94. The molecule has 0 aliphatic heterocycles. The van der Waals surface area contributed by atoms with Gasteiger partial charge in [-0.2, -0.15) is 8.97 Å². The Morgan fingerprint density at radius 1 is 1.22 bits per heavy atom. The number of fused-ring (bicyclic) bond motifs is 3. The van der Waals surface area contributed by atoms with Gasteiger partial charge in [-0.05, 0) is 51.1 Å². The third-order valence-electron chi connectivity index (χ3n) is 5.18. The van der Waals surface area contributed by atoms with Gasteiger partial charge >= 0.3 is 5.78 Å². The zero-order chi connectivity index (χ0) is 19.7. The highest BCUT2D eigenvalue weighted by molar-refractivity contribution is 5.89. The van der Waals surface area contributed by atoms with Crippen molar-refractivity contribution in [1.82, 2.24) is 8.97 Å². The Bertz CT molecular complexity index is 1150. The van der Waals surface area contributed by atoms with Gasteiger partial charge in [0.1, 0.15) is 22.4 Å². The van der Waals surface area contributed by atoms with Crippen LogP contribution in [0.3, 0.4) is 0 Å². The van der Waals surface area contributed by atoms with Crippen molar-refractivity contribution in [3.63, 3.8) is 0 Å². The van der Waals surface area contributed by atoms with Gasteiger partial charge in [-0.15, -0.1) is 0 Å². The van der Waals surface area contributed by atoms with E-state index in [1.165, 1.54) is 16.7 Å². The Labute approximate surface area is 161 Å². The van der Waals surface area contributed by atoms with Crippen LogP contribution in [0.25, 0.3) is 28.7 Å².